The molecule has 0 aliphatic rings. The normalized spacial score (nSPS) is 8.81. The summed E-state index contributed by atoms with van der Waals surface area (Å²) in [5.74, 6) is 0. The maximum atomic E-state index is 2.31. The summed E-state index contributed by atoms with van der Waals surface area (Å²) < 4.78 is 0. The molecule has 3 heteroatoms. The van der Waals surface area contributed by atoms with Gasteiger partial charge in [-0.05, 0) is 6.42 Å². The number of fused-ring (bicyclic) bond motifs is 1. The molecule has 1 radical (unpaired) electrons. The smallest absolute Gasteiger partial charge is 1.00 e. The van der Waals surface area contributed by atoms with Crippen molar-refractivity contribution in [1.82, 2.24) is 0 Å². The van der Waals surface area contributed by atoms with Gasteiger partial charge in [-0.3, -0.25) is 0 Å². The summed E-state index contributed by atoms with van der Waals surface area (Å²) in [6.07, 6.45) is 3.81. The number of unbranched alkanes of at least 4 members (excludes halogenated alkanes) is 1. The number of halogens is 2. The maximum absolute atomic E-state index is 2.31. The van der Waals surface area contributed by atoms with Crippen LogP contribution in [0, 0.1) is 0 Å². The van der Waals surface area contributed by atoms with E-state index < -0.39 is 0 Å². The van der Waals surface area contributed by atoms with Gasteiger partial charge in [0, 0.05) is 0 Å². The van der Waals surface area contributed by atoms with Crippen molar-refractivity contribution in [2.75, 3.05) is 0 Å². The topological polar surface area (TPSA) is 0 Å². The molecule has 0 heterocycles. The van der Waals surface area contributed by atoms with Crippen LogP contribution in [0.1, 0.15) is 25.3 Å². The molecular formula is C13H15Cl2Zr. The van der Waals surface area contributed by atoms with E-state index in [1.165, 1.54) is 35.6 Å². The molecule has 2 aromatic rings. The summed E-state index contributed by atoms with van der Waals surface area (Å²) in [5.41, 5.74) is 1.49. The Balaban J connectivity index is 0. The van der Waals surface area contributed by atoms with E-state index >= 15 is 0 Å². The average molecular weight is 333 g/mol. The van der Waals surface area contributed by atoms with Crippen LogP contribution in [0.25, 0.3) is 10.8 Å². The second-order valence-corrected chi connectivity index (χ2v) is 3.60. The van der Waals surface area contributed by atoms with Crippen molar-refractivity contribution >= 4 is 10.8 Å². The zero-order valence-electron chi connectivity index (χ0n) is 9.34. The van der Waals surface area contributed by atoms with Crippen molar-refractivity contribution in [3.63, 3.8) is 0 Å². The molecule has 85 valence electrons. The second kappa shape index (κ2) is 9.34. The van der Waals surface area contributed by atoms with E-state index in [0.29, 0.717) is 0 Å². The van der Waals surface area contributed by atoms with Crippen molar-refractivity contribution < 1.29 is 51.0 Å². The van der Waals surface area contributed by atoms with E-state index in [1.807, 2.05) is 0 Å². The molecule has 0 aromatic heterocycles. The van der Waals surface area contributed by atoms with E-state index in [0.717, 1.165) is 0 Å². The fourth-order valence-electron chi connectivity index (χ4n) is 1.74. The van der Waals surface area contributed by atoms with Gasteiger partial charge in [-0.2, -0.15) is 6.07 Å². The van der Waals surface area contributed by atoms with E-state index in [9.17, 15) is 0 Å². The van der Waals surface area contributed by atoms with E-state index in [-0.39, 0.29) is 51.0 Å². The number of rotatable bonds is 3. The summed E-state index contributed by atoms with van der Waals surface area (Å²) in [6.45, 7) is 2.24. The molecule has 0 saturated carbocycles. The van der Waals surface area contributed by atoms with Gasteiger partial charge in [0.05, 0.1) is 0 Å². The monoisotopic (exact) mass is 331 g/mol. The Morgan fingerprint density at radius 1 is 1.12 bits per heavy atom. The van der Waals surface area contributed by atoms with Crippen LogP contribution in [0.2, 0.25) is 0 Å². The van der Waals surface area contributed by atoms with Crippen LogP contribution in [0.15, 0.2) is 36.4 Å². The molecule has 16 heavy (non-hydrogen) atoms. The van der Waals surface area contributed by atoms with Crippen molar-refractivity contribution in [3.8, 4) is 0 Å². The molecular weight excluding hydrogens is 318 g/mol. The van der Waals surface area contributed by atoms with Gasteiger partial charge in [-0.15, -0.1) is 40.6 Å². The van der Waals surface area contributed by atoms with E-state index in [1.54, 1.807) is 0 Å². The Labute approximate surface area is 129 Å². The summed E-state index contributed by atoms with van der Waals surface area (Å²) >= 11 is 0. The third-order valence-corrected chi connectivity index (χ3v) is 2.50. The molecule has 0 saturated heterocycles. The minimum absolute atomic E-state index is 0. The molecule has 0 amide bonds. The SMILES string of the molecule is CCCCc1cc2ccccc2[cH-]1.[Cl-].[Cl-].[Zr+3]. The third kappa shape index (κ3) is 4.66. The molecule has 2 rings (SSSR count). The molecule has 0 unspecified atom stereocenters. The summed E-state index contributed by atoms with van der Waals surface area (Å²) in [5, 5.41) is 2.77. The van der Waals surface area contributed by atoms with Crippen LogP contribution in [-0.4, -0.2) is 0 Å². The first kappa shape index (κ1) is 18.7. The van der Waals surface area contributed by atoms with Crippen LogP contribution in [0.5, 0.6) is 0 Å². The third-order valence-electron chi connectivity index (χ3n) is 2.50. The zero-order valence-corrected chi connectivity index (χ0v) is 13.3. The molecule has 0 nitrogen and oxygen atoms in total. The van der Waals surface area contributed by atoms with Crippen LogP contribution < -0.4 is 24.8 Å². The van der Waals surface area contributed by atoms with Crippen LogP contribution in [0.4, 0.5) is 0 Å². The van der Waals surface area contributed by atoms with Gasteiger partial charge < -0.3 is 24.8 Å². The minimum Gasteiger partial charge on any atom is -1.00 e. The van der Waals surface area contributed by atoms with Crippen molar-refractivity contribution in [2.45, 2.75) is 26.2 Å². The van der Waals surface area contributed by atoms with Crippen LogP contribution >= 0.6 is 0 Å². The quantitative estimate of drug-likeness (QED) is 0.565. The predicted molar refractivity (Wildman–Crippen MR) is 58.2 cm³/mol. The Bertz CT molecular complexity index is 362. The Morgan fingerprint density at radius 3 is 2.44 bits per heavy atom. The molecule has 2 aromatic carbocycles. The number of benzene rings is 1. The zero-order chi connectivity index (χ0) is 9.10. The molecule has 0 aliphatic carbocycles. The molecule has 0 atom stereocenters. The number of hydrogen-bond acceptors (Lipinski definition) is 0. The molecule has 0 fully saturated rings. The van der Waals surface area contributed by atoms with Gasteiger partial charge in [-0.25, -0.2) is 0 Å². The fraction of sp³-hybridized carbons (Fsp3) is 0.308. The van der Waals surface area contributed by atoms with Gasteiger partial charge >= 0.3 is 26.2 Å². The average Bonchev–Trinajstić information content (AvgIpc) is 2.57. The first-order chi connectivity index (χ1) is 6.40. The largest absolute Gasteiger partial charge is 3.00 e. The Kier molecular flexibility index (Phi) is 10.9. The molecule has 0 bridgehead atoms. The van der Waals surface area contributed by atoms with Crippen molar-refractivity contribution in [1.29, 1.82) is 0 Å². The molecule has 0 aliphatic heterocycles. The summed E-state index contributed by atoms with van der Waals surface area (Å²) in [7, 11) is 0. The summed E-state index contributed by atoms with van der Waals surface area (Å²) in [6, 6.07) is 13.2. The predicted octanol–water partition coefficient (Wildman–Crippen LogP) is -2.09. The number of hydrogen-bond donors (Lipinski definition) is 0. The van der Waals surface area contributed by atoms with Gasteiger partial charge in [0.2, 0.25) is 0 Å². The van der Waals surface area contributed by atoms with Gasteiger partial charge in [0.15, 0.2) is 0 Å². The van der Waals surface area contributed by atoms with E-state index in [2.05, 4.69) is 43.3 Å². The summed E-state index contributed by atoms with van der Waals surface area (Å²) in [4.78, 5) is 0. The first-order valence-corrected chi connectivity index (χ1v) is 5.04. The Morgan fingerprint density at radius 2 is 1.81 bits per heavy atom. The fourth-order valence-corrected chi connectivity index (χ4v) is 1.74. The van der Waals surface area contributed by atoms with Crippen LogP contribution in [0.3, 0.4) is 0 Å². The molecule has 0 N–H and O–H groups in total. The molecule has 0 spiro atoms. The number of aryl methyl sites for hydroxylation is 1. The maximum Gasteiger partial charge on any atom is 3.00 e. The minimum atomic E-state index is 0. The second-order valence-electron chi connectivity index (χ2n) is 3.60. The van der Waals surface area contributed by atoms with Gasteiger partial charge in [0.1, 0.15) is 0 Å². The van der Waals surface area contributed by atoms with Crippen molar-refractivity contribution in [3.05, 3.63) is 42.0 Å². The first-order valence-electron chi connectivity index (χ1n) is 5.04. The van der Waals surface area contributed by atoms with Crippen LogP contribution in [-0.2, 0) is 32.6 Å². The van der Waals surface area contributed by atoms with Crippen molar-refractivity contribution in [2.24, 2.45) is 0 Å². The standard InChI is InChI=1S/C13H15.2ClH.Zr/c1-2-3-6-11-9-12-7-4-5-8-13(12)10-11;;;/h4-5,7-10H,2-3,6H2,1H3;2*1H;/q-1;;;+3/p-2. The van der Waals surface area contributed by atoms with E-state index in [4.69, 9.17) is 0 Å². The Hall–Kier alpha value is 0.293. The van der Waals surface area contributed by atoms with Gasteiger partial charge in [-0.1, -0.05) is 25.8 Å². The van der Waals surface area contributed by atoms with Gasteiger partial charge in [0.25, 0.3) is 0 Å².